The van der Waals surface area contributed by atoms with E-state index in [2.05, 4.69) is 10.5 Å². The Morgan fingerprint density at radius 1 is 1.43 bits per heavy atom. The molecule has 114 valence electrons. The first-order chi connectivity index (χ1) is 10.1. The van der Waals surface area contributed by atoms with Crippen molar-refractivity contribution in [1.29, 1.82) is 0 Å². The molecular formula is C14H18ClN3O3. The van der Waals surface area contributed by atoms with Gasteiger partial charge in [-0.25, -0.2) is 10.2 Å². The van der Waals surface area contributed by atoms with Gasteiger partial charge in [-0.2, -0.15) is 5.10 Å². The van der Waals surface area contributed by atoms with E-state index in [4.69, 9.17) is 26.8 Å². The molecule has 1 aliphatic carbocycles. The SMILES string of the molecule is COc1cc(C=NNC(N)=O)c(Cl)cc1OC1CCCC1. The summed E-state index contributed by atoms with van der Waals surface area (Å²) in [6.45, 7) is 0. The summed E-state index contributed by atoms with van der Waals surface area (Å²) in [7, 11) is 1.56. The number of ether oxygens (including phenoxy) is 2. The summed E-state index contributed by atoms with van der Waals surface area (Å²) in [6.07, 6.45) is 6.08. The molecule has 0 saturated heterocycles. The maximum Gasteiger partial charge on any atom is 0.332 e. The van der Waals surface area contributed by atoms with Gasteiger partial charge in [-0.3, -0.25) is 0 Å². The van der Waals surface area contributed by atoms with E-state index in [1.165, 1.54) is 19.1 Å². The normalized spacial score (nSPS) is 15.3. The van der Waals surface area contributed by atoms with Gasteiger partial charge in [0.25, 0.3) is 0 Å². The standard InChI is InChI=1S/C14H18ClN3O3/c1-20-12-6-9(8-17-18-14(16)19)11(15)7-13(12)21-10-4-2-3-5-10/h6-8,10H,2-5H2,1H3,(H3,16,18,19). The zero-order chi connectivity index (χ0) is 15.2. The molecule has 0 heterocycles. The Morgan fingerprint density at radius 2 is 2.14 bits per heavy atom. The smallest absolute Gasteiger partial charge is 0.332 e. The molecule has 21 heavy (non-hydrogen) atoms. The summed E-state index contributed by atoms with van der Waals surface area (Å²) in [4.78, 5) is 10.6. The van der Waals surface area contributed by atoms with Gasteiger partial charge in [0.15, 0.2) is 11.5 Å². The predicted octanol–water partition coefficient (Wildman–Crippen LogP) is 2.67. The summed E-state index contributed by atoms with van der Waals surface area (Å²) in [5.74, 6) is 1.20. The first-order valence-electron chi connectivity index (χ1n) is 6.73. The lowest BCUT2D eigenvalue weighted by Crippen LogP contribution is -2.24. The Balaban J connectivity index is 2.17. The van der Waals surface area contributed by atoms with Crippen LogP contribution in [0.15, 0.2) is 17.2 Å². The highest BCUT2D eigenvalue weighted by Crippen LogP contribution is 2.35. The van der Waals surface area contributed by atoms with Crippen LogP contribution >= 0.6 is 11.6 Å². The van der Waals surface area contributed by atoms with Crippen molar-refractivity contribution in [3.8, 4) is 11.5 Å². The van der Waals surface area contributed by atoms with Gasteiger partial charge in [-0.15, -0.1) is 0 Å². The Kier molecular flexibility index (Phi) is 5.27. The van der Waals surface area contributed by atoms with Gasteiger partial charge in [0, 0.05) is 11.6 Å². The molecule has 3 N–H and O–H groups in total. The molecule has 0 aliphatic heterocycles. The minimum atomic E-state index is -0.740. The van der Waals surface area contributed by atoms with Gasteiger partial charge < -0.3 is 15.2 Å². The molecular weight excluding hydrogens is 294 g/mol. The molecule has 2 amide bonds. The third-order valence-electron chi connectivity index (χ3n) is 3.26. The molecule has 6 nitrogen and oxygen atoms in total. The van der Waals surface area contributed by atoms with Crippen molar-refractivity contribution >= 4 is 23.8 Å². The molecule has 2 rings (SSSR count). The number of benzene rings is 1. The maximum atomic E-state index is 10.6. The van der Waals surface area contributed by atoms with Crippen molar-refractivity contribution < 1.29 is 14.3 Å². The minimum Gasteiger partial charge on any atom is -0.493 e. The van der Waals surface area contributed by atoms with Crippen LogP contribution in [-0.4, -0.2) is 25.5 Å². The fourth-order valence-corrected chi connectivity index (χ4v) is 2.46. The van der Waals surface area contributed by atoms with E-state index in [0.717, 1.165) is 12.8 Å². The molecule has 0 radical (unpaired) electrons. The van der Waals surface area contributed by atoms with Crippen molar-refractivity contribution in [3.63, 3.8) is 0 Å². The number of primary amides is 1. The first-order valence-corrected chi connectivity index (χ1v) is 7.10. The Morgan fingerprint density at radius 3 is 2.76 bits per heavy atom. The topological polar surface area (TPSA) is 85.9 Å². The van der Waals surface area contributed by atoms with Crippen LogP contribution in [0.1, 0.15) is 31.2 Å². The largest absolute Gasteiger partial charge is 0.493 e. The number of hydrogen-bond donors (Lipinski definition) is 2. The van der Waals surface area contributed by atoms with E-state index < -0.39 is 6.03 Å². The van der Waals surface area contributed by atoms with Crippen molar-refractivity contribution in [2.45, 2.75) is 31.8 Å². The summed E-state index contributed by atoms with van der Waals surface area (Å²) in [6, 6.07) is 2.67. The van der Waals surface area contributed by atoms with Gasteiger partial charge in [0.05, 0.1) is 24.5 Å². The van der Waals surface area contributed by atoms with E-state index in [-0.39, 0.29) is 6.10 Å². The van der Waals surface area contributed by atoms with Crippen molar-refractivity contribution in [3.05, 3.63) is 22.7 Å². The van der Waals surface area contributed by atoms with Crippen molar-refractivity contribution in [2.24, 2.45) is 10.8 Å². The summed E-state index contributed by atoms with van der Waals surface area (Å²) in [5.41, 5.74) is 7.63. The minimum absolute atomic E-state index is 0.214. The first kappa shape index (κ1) is 15.4. The fourth-order valence-electron chi connectivity index (χ4n) is 2.25. The van der Waals surface area contributed by atoms with Crippen LogP contribution in [0.25, 0.3) is 0 Å². The van der Waals surface area contributed by atoms with Crippen molar-refractivity contribution in [1.82, 2.24) is 5.43 Å². The second kappa shape index (κ2) is 7.17. The fraction of sp³-hybridized carbons (Fsp3) is 0.429. The number of nitrogens with two attached hydrogens (primary N) is 1. The number of halogens is 1. The van der Waals surface area contributed by atoms with E-state index in [1.807, 2.05) is 0 Å². The van der Waals surface area contributed by atoms with Gasteiger partial charge >= 0.3 is 6.03 Å². The quantitative estimate of drug-likeness (QED) is 0.647. The Bertz CT molecular complexity index is 543. The number of hydrogen-bond acceptors (Lipinski definition) is 4. The summed E-state index contributed by atoms with van der Waals surface area (Å²) in [5, 5.41) is 4.14. The number of carbonyl (C=O) groups excluding carboxylic acids is 1. The highest BCUT2D eigenvalue weighted by molar-refractivity contribution is 6.33. The third kappa shape index (κ3) is 4.26. The van der Waals surface area contributed by atoms with Crippen LogP contribution in [0.5, 0.6) is 11.5 Å². The van der Waals surface area contributed by atoms with Gasteiger partial charge in [0.1, 0.15) is 0 Å². The predicted molar refractivity (Wildman–Crippen MR) is 81.2 cm³/mol. The molecule has 7 heteroatoms. The van der Waals surface area contributed by atoms with Gasteiger partial charge in [0.2, 0.25) is 0 Å². The Labute approximate surface area is 128 Å². The van der Waals surface area contributed by atoms with E-state index >= 15 is 0 Å². The Hall–Kier alpha value is -1.95. The third-order valence-corrected chi connectivity index (χ3v) is 3.58. The highest BCUT2D eigenvalue weighted by atomic mass is 35.5. The average Bonchev–Trinajstić information content (AvgIpc) is 2.93. The molecule has 1 saturated carbocycles. The molecule has 1 fully saturated rings. The van der Waals surface area contributed by atoms with Gasteiger partial charge in [-0.05, 0) is 31.7 Å². The van der Waals surface area contributed by atoms with E-state index in [9.17, 15) is 4.79 Å². The number of urea groups is 1. The monoisotopic (exact) mass is 311 g/mol. The van der Waals surface area contributed by atoms with Crippen LogP contribution in [0.2, 0.25) is 5.02 Å². The number of amides is 2. The number of rotatable bonds is 5. The van der Waals surface area contributed by atoms with Crippen LogP contribution in [0.4, 0.5) is 4.79 Å². The van der Waals surface area contributed by atoms with E-state index in [0.29, 0.717) is 22.1 Å². The van der Waals surface area contributed by atoms with Crippen molar-refractivity contribution in [2.75, 3.05) is 7.11 Å². The number of carbonyl (C=O) groups is 1. The second-order valence-electron chi connectivity index (χ2n) is 4.78. The number of methoxy groups -OCH3 is 1. The van der Waals surface area contributed by atoms with Crippen LogP contribution in [0, 0.1) is 0 Å². The van der Waals surface area contributed by atoms with Crippen LogP contribution in [-0.2, 0) is 0 Å². The average molecular weight is 312 g/mol. The van der Waals surface area contributed by atoms with Crippen LogP contribution in [0.3, 0.4) is 0 Å². The molecule has 1 aromatic carbocycles. The van der Waals surface area contributed by atoms with Crippen LogP contribution < -0.4 is 20.6 Å². The number of nitrogens with zero attached hydrogens (tertiary/aromatic N) is 1. The number of hydrazone groups is 1. The maximum absolute atomic E-state index is 10.6. The lowest BCUT2D eigenvalue weighted by Gasteiger charge is -2.16. The lowest BCUT2D eigenvalue weighted by atomic mass is 10.2. The molecule has 1 aliphatic rings. The number of nitrogens with one attached hydrogen (secondary N) is 1. The van der Waals surface area contributed by atoms with E-state index in [1.54, 1.807) is 19.2 Å². The molecule has 0 aromatic heterocycles. The zero-order valence-electron chi connectivity index (χ0n) is 11.8. The molecule has 0 atom stereocenters. The molecule has 1 aromatic rings. The molecule has 0 unspecified atom stereocenters. The summed E-state index contributed by atoms with van der Waals surface area (Å²) < 4.78 is 11.3. The second-order valence-corrected chi connectivity index (χ2v) is 5.19. The molecule has 0 bridgehead atoms. The van der Waals surface area contributed by atoms with Gasteiger partial charge in [-0.1, -0.05) is 11.6 Å². The lowest BCUT2D eigenvalue weighted by molar-refractivity contribution is 0.201. The molecule has 0 spiro atoms. The highest BCUT2D eigenvalue weighted by Gasteiger charge is 2.19. The zero-order valence-corrected chi connectivity index (χ0v) is 12.5. The summed E-state index contributed by atoms with van der Waals surface area (Å²) >= 11 is 6.19.